The van der Waals surface area contributed by atoms with Gasteiger partial charge in [0.2, 0.25) is 5.54 Å². The first-order valence-corrected chi connectivity index (χ1v) is 5.87. The molecule has 0 bridgehead atoms. The minimum atomic E-state index is -5.00. The molecule has 0 saturated carbocycles. The van der Waals surface area contributed by atoms with Crippen LogP contribution in [0.5, 0.6) is 0 Å². The maximum absolute atomic E-state index is 12.9. The van der Waals surface area contributed by atoms with Crippen LogP contribution >= 0.6 is 0 Å². The van der Waals surface area contributed by atoms with E-state index in [-0.39, 0.29) is 17.2 Å². The Morgan fingerprint density at radius 1 is 1.40 bits per heavy atom. The molecule has 2 atom stereocenters. The highest BCUT2D eigenvalue weighted by atomic mass is 19.4. The van der Waals surface area contributed by atoms with Crippen molar-refractivity contribution in [1.29, 1.82) is 0 Å². The summed E-state index contributed by atoms with van der Waals surface area (Å²) in [5.41, 5.74) is -3.09. The molecule has 1 aliphatic rings. The Kier molecular flexibility index (Phi) is 4.02. The van der Waals surface area contributed by atoms with Crippen molar-refractivity contribution >= 4 is 17.9 Å². The molecule has 3 amide bonds. The van der Waals surface area contributed by atoms with Gasteiger partial charge < -0.3 is 10.4 Å². The summed E-state index contributed by atoms with van der Waals surface area (Å²) >= 11 is 0. The Balaban J connectivity index is 3.16. The van der Waals surface area contributed by atoms with Gasteiger partial charge in [0.05, 0.1) is 0 Å². The molecule has 6 nitrogen and oxygen atoms in total. The number of hydrogen-bond acceptors (Lipinski definition) is 3. The lowest BCUT2D eigenvalue weighted by Gasteiger charge is -2.26. The van der Waals surface area contributed by atoms with E-state index in [9.17, 15) is 27.6 Å². The second-order valence-electron chi connectivity index (χ2n) is 5.21. The zero-order chi connectivity index (χ0) is 15.9. The molecule has 0 aliphatic carbocycles. The molecule has 1 saturated heterocycles. The maximum atomic E-state index is 12.9. The monoisotopic (exact) mass is 296 g/mol. The van der Waals surface area contributed by atoms with Crippen LogP contribution in [0.3, 0.4) is 0 Å². The molecule has 0 radical (unpaired) electrons. The van der Waals surface area contributed by atoms with E-state index < -0.39 is 35.7 Å². The third-order valence-electron chi connectivity index (χ3n) is 3.08. The number of carbonyl (C=O) groups excluding carboxylic acids is 2. The van der Waals surface area contributed by atoms with Crippen LogP contribution in [0.4, 0.5) is 18.0 Å². The molecule has 0 spiro atoms. The van der Waals surface area contributed by atoms with Gasteiger partial charge in [-0.3, -0.25) is 4.79 Å². The standard InChI is InChI=1S/C11H15F3N2O4/c1-5(2)4-6(7(17)18)16-8(19)10(3,11(12,13)14)15-9(16)20/h5-6H,4H2,1-3H3,(H,15,20)(H,17,18)/t6-,10?/m0/s1. The van der Waals surface area contributed by atoms with E-state index in [1.54, 1.807) is 13.8 Å². The first-order valence-electron chi connectivity index (χ1n) is 5.87. The molecule has 1 unspecified atom stereocenters. The lowest BCUT2D eigenvalue weighted by Crippen LogP contribution is -2.57. The minimum absolute atomic E-state index is 0.123. The molecule has 0 aromatic rings. The number of nitrogens with one attached hydrogen (secondary N) is 1. The summed E-state index contributed by atoms with van der Waals surface area (Å²) in [5.74, 6) is -3.33. The van der Waals surface area contributed by atoms with E-state index in [1.165, 1.54) is 5.32 Å². The molecule has 0 aromatic heterocycles. The molecule has 1 fully saturated rings. The summed E-state index contributed by atoms with van der Waals surface area (Å²) in [6.07, 6.45) is -5.13. The quantitative estimate of drug-likeness (QED) is 0.767. The summed E-state index contributed by atoms with van der Waals surface area (Å²) in [6, 6.07) is -2.96. The van der Waals surface area contributed by atoms with E-state index in [4.69, 9.17) is 5.11 Å². The number of aliphatic carboxylic acids is 1. The number of halogens is 3. The van der Waals surface area contributed by atoms with Crippen LogP contribution in [0.25, 0.3) is 0 Å². The molecule has 114 valence electrons. The fraction of sp³-hybridized carbons (Fsp3) is 0.727. The van der Waals surface area contributed by atoms with E-state index in [2.05, 4.69) is 0 Å². The van der Waals surface area contributed by atoms with Crippen molar-refractivity contribution in [2.24, 2.45) is 5.92 Å². The fourth-order valence-electron chi connectivity index (χ4n) is 1.90. The van der Waals surface area contributed by atoms with Crippen molar-refractivity contribution < 1.29 is 32.7 Å². The molecule has 0 aromatic carbocycles. The molecule has 9 heteroatoms. The summed E-state index contributed by atoms with van der Waals surface area (Å²) in [5, 5.41) is 10.6. The Labute approximate surface area is 112 Å². The zero-order valence-electron chi connectivity index (χ0n) is 11.1. The maximum Gasteiger partial charge on any atom is 0.420 e. The number of carboxylic acids is 1. The van der Waals surface area contributed by atoms with Gasteiger partial charge in [0.25, 0.3) is 5.91 Å². The van der Waals surface area contributed by atoms with Crippen LogP contribution in [-0.2, 0) is 9.59 Å². The van der Waals surface area contributed by atoms with E-state index >= 15 is 0 Å². The molecule has 2 N–H and O–H groups in total. The number of amides is 3. The predicted octanol–water partition coefficient (Wildman–Crippen LogP) is 1.36. The Morgan fingerprint density at radius 3 is 2.20 bits per heavy atom. The first-order chi connectivity index (χ1) is 8.91. The van der Waals surface area contributed by atoms with Crippen molar-refractivity contribution in [3.8, 4) is 0 Å². The van der Waals surface area contributed by atoms with Crippen molar-refractivity contribution in [1.82, 2.24) is 10.2 Å². The number of rotatable bonds is 4. The van der Waals surface area contributed by atoms with Gasteiger partial charge in [0.15, 0.2) is 0 Å². The van der Waals surface area contributed by atoms with Crippen molar-refractivity contribution in [2.45, 2.75) is 44.9 Å². The van der Waals surface area contributed by atoms with Gasteiger partial charge in [-0.05, 0) is 19.3 Å². The first kappa shape index (κ1) is 16.3. The van der Waals surface area contributed by atoms with E-state index in [0.717, 1.165) is 0 Å². The van der Waals surface area contributed by atoms with Gasteiger partial charge >= 0.3 is 18.2 Å². The van der Waals surface area contributed by atoms with Crippen LogP contribution in [-0.4, -0.2) is 45.7 Å². The predicted molar refractivity (Wildman–Crippen MR) is 60.7 cm³/mol. The van der Waals surface area contributed by atoms with Crippen molar-refractivity contribution in [3.05, 3.63) is 0 Å². The van der Waals surface area contributed by atoms with Gasteiger partial charge in [-0.2, -0.15) is 13.2 Å². The number of carbonyl (C=O) groups is 3. The highest BCUT2D eigenvalue weighted by Gasteiger charge is 2.65. The number of hydrogen-bond donors (Lipinski definition) is 2. The minimum Gasteiger partial charge on any atom is -0.480 e. The average Bonchev–Trinajstić information content (AvgIpc) is 2.47. The highest BCUT2D eigenvalue weighted by Crippen LogP contribution is 2.36. The Bertz CT molecular complexity index is 449. The topological polar surface area (TPSA) is 86.7 Å². The Morgan fingerprint density at radius 2 is 1.90 bits per heavy atom. The summed E-state index contributed by atoms with van der Waals surface area (Å²) in [6.45, 7) is 3.79. The second-order valence-corrected chi connectivity index (χ2v) is 5.21. The van der Waals surface area contributed by atoms with Gasteiger partial charge in [-0.25, -0.2) is 14.5 Å². The van der Waals surface area contributed by atoms with Gasteiger partial charge in [0, 0.05) is 0 Å². The molecule has 20 heavy (non-hydrogen) atoms. The van der Waals surface area contributed by atoms with E-state index in [0.29, 0.717) is 6.92 Å². The third kappa shape index (κ3) is 2.56. The fourth-order valence-corrected chi connectivity index (χ4v) is 1.90. The molecular formula is C11H15F3N2O4. The Hall–Kier alpha value is -1.80. The lowest BCUT2D eigenvalue weighted by molar-refractivity contribution is -0.192. The summed E-state index contributed by atoms with van der Waals surface area (Å²) in [7, 11) is 0. The molecule has 1 heterocycles. The van der Waals surface area contributed by atoms with Crippen LogP contribution in [0, 0.1) is 5.92 Å². The number of carboxylic acid groups (broad SMARTS) is 1. The van der Waals surface area contributed by atoms with Crippen LogP contribution in [0.15, 0.2) is 0 Å². The highest BCUT2D eigenvalue weighted by molar-refractivity contribution is 6.09. The number of nitrogens with zero attached hydrogens (tertiary/aromatic N) is 1. The SMILES string of the molecule is CC(C)C[C@@H](C(=O)O)N1C(=O)NC(C)(C(F)(F)F)C1=O. The van der Waals surface area contributed by atoms with Gasteiger partial charge in [0.1, 0.15) is 6.04 Å². The molecule has 1 aliphatic heterocycles. The zero-order valence-corrected chi connectivity index (χ0v) is 11.1. The van der Waals surface area contributed by atoms with Crippen molar-refractivity contribution in [3.63, 3.8) is 0 Å². The normalized spacial score (nSPS) is 25.1. The largest absolute Gasteiger partial charge is 0.480 e. The molecular weight excluding hydrogens is 281 g/mol. The van der Waals surface area contributed by atoms with Crippen LogP contribution in [0.1, 0.15) is 27.2 Å². The summed E-state index contributed by atoms with van der Waals surface area (Å²) < 4.78 is 38.6. The molecule has 1 rings (SSSR count). The van der Waals surface area contributed by atoms with E-state index in [1.807, 2.05) is 0 Å². The van der Waals surface area contributed by atoms with Crippen LogP contribution in [0.2, 0.25) is 0 Å². The second kappa shape index (κ2) is 4.95. The van der Waals surface area contributed by atoms with Crippen LogP contribution < -0.4 is 5.32 Å². The number of alkyl halides is 3. The van der Waals surface area contributed by atoms with Gasteiger partial charge in [-0.1, -0.05) is 13.8 Å². The average molecular weight is 296 g/mol. The van der Waals surface area contributed by atoms with Gasteiger partial charge in [-0.15, -0.1) is 0 Å². The smallest absolute Gasteiger partial charge is 0.420 e. The lowest BCUT2D eigenvalue weighted by atomic mass is 9.99. The third-order valence-corrected chi connectivity index (χ3v) is 3.08. The number of imide groups is 1. The van der Waals surface area contributed by atoms with Crippen molar-refractivity contribution in [2.75, 3.05) is 0 Å². The summed E-state index contributed by atoms with van der Waals surface area (Å²) in [4.78, 5) is 34.7. The number of urea groups is 1.